The molecule has 0 spiro atoms. The normalized spacial score (nSPS) is 13.6. The van der Waals surface area contributed by atoms with Crippen LogP contribution in [0.1, 0.15) is 53.1 Å². The fourth-order valence-electron chi connectivity index (χ4n) is 4.67. The van der Waals surface area contributed by atoms with E-state index in [1.165, 1.54) is 6.07 Å². The van der Waals surface area contributed by atoms with Crippen molar-refractivity contribution >= 4 is 16.0 Å². The molecule has 1 aliphatic rings. The van der Waals surface area contributed by atoms with Crippen LogP contribution in [-0.4, -0.2) is 63.7 Å². The van der Waals surface area contributed by atoms with Crippen LogP contribution in [0.15, 0.2) is 71.5 Å². The van der Waals surface area contributed by atoms with Crippen molar-refractivity contribution in [3.63, 3.8) is 0 Å². The minimum absolute atomic E-state index is 0.0231. The van der Waals surface area contributed by atoms with Crippen molar-refractivity contribution in [3.05, 3.63) is 99.5 Å². The number of aromatic nitrogens is 1. The number of hydrogen-bond acceptors (Lipinski definition) is 8. The van der Waals surface area contributed by atoms with Crippen molar-refractivity contribution in [1.29, 1.82) is 0 Å². The van der Waals surface area contributed by atoms with Gasteiger partial charge in [-0.05, 0) is 17.5 Å². The van der Waals surface area contributed by atoms with Gasteiger partial charge in [-0.1, -0.05) is 74.0 Å². The average molecular weight is 570 g/mol. The predicted octanol–water partition coefficient (Wildman–Crippen LogP) is 3.29. The first-order valence-electron chi connectivity index (χ1n) is 13.2. The van der Waals surface area contributed by atoms with Crippen molar-refractivity contribution < 1.29 is 26.9 Å². The van der Waals surface area contributed by atoms with Crippen molar-refractivity contribution in [1.82, 2.24) is 9.58 Å². The molecule has 1 aromatic heterocycles. The zero-order chi connectivity index (χ0) is 28.7. The Hall–Kier alpha value is -3.67. The van der Waals surface area contributed by atoms with Crippen molar-refractivity contribution in [2.75, 3.05) is 44.8 Å². The lowest BCUT2D eigenvalue weighted by molar-refractivity contribution is 0.0607. The maximum Gasteiger partial charge on any atom is 0.277 e. The lowest BCUT2D eigenvalue weighted by atomic mass is 9.98. The number of fused-ring (bicyclic) bond motifs is 1. The van der Waals surface area contributed by atoms with E-state index < -0.39 is 34.1 Å². The van der Waals surface area contributed by atoms with Crippen LogP contribution < -0.4 is 15.2 Å². The molecule has 1 amide bonds. The second-order valence-corrected chi connectivity index (χ2v) is 11.2. The van der Waals surface area contributed by atoms with E-state index in [9.17, 15) is 18.0 Å². The van der Waals surface area contributed by atoms with E-state index in [2.05, 4.69) is 0 Å². The molecule has 2 aromatic carbocycles. The van der Waals surface area contributed by atoms with Gasteiger partial charge in [0.1, 0.15) is 13.3 Å². The number of pyridine rings is 1. The third-order valence-corrected chi connectivity index (χ3v) is 7.09. The lowest BCUT2D eigenvalue weighted by Crippen LogP contribution is -2.57. The van der Waals surface area contributed by atoms with Crippen LogP contribution in [0.2, 0.25) is 0 Å². The number of methoxy groups -OCH3 is 1. The SMILES string of the molecule is CCCCOc1c2n(c(COS(C)(=O)=O)cc1=O)N(C(c1ccccc1)c1ccccc1)CN(CCOC)C2=O. The highest BCUT2D eigenvalue weighted by Crippen LogP contribution is 2.33. The highest BCUT2D eigenvalue weighted by Gasteiger charge is 2.38. The summed E-state index contributed by atoms with van der Waals surface area (Å²) in [5.41, 5.74) is 1.58. The van der Waals surface area contributed by atoms with Gasteiger partial charge in [-0.25, -0.2) is 4.68 Å². The van der Waals surface area contributed by atoms with E-state index in [1.807, 2.05) is 72.6 Å². The van der Waals surface area contributed by atoms with Gasteiger partial charge in [-0.2, -0.15) is 8.42 Å². The molecular weight excluding hydrogens is 534 g/mol. The fraction of sp³-hybridized carbons (Fsp3) is 0.379. The Kier molecular flexibility index (Phi) is 9.62. The van der Waals surface area contributed by atoms with Crippen LogP contribution in [0.3, 0.4) is 0 Å². The van der Waals surface area contributed by atoms with Gasteiger partial charge < -0.3 is 14.4 Å². The van der Waals surface area contributed by atoms with Gasteiger partial charge in [0.05, 0.1) is 31.2 Å². The third-order valence-electron chi connectivity index (χ3n) is 6.54. The van der Waals surface area contributed by atoms with E-state index in [1.54, 1.807) is 16.7 Å². The molecule has 0 N–H and O–H groups in total. The van der Waals surface area contributed by atoms with Gasteiger partial charge in [-0.15, -0.1) is 0 Å². The summed E-state index contributed by atoms with van der Waals surface area (Å²) in [6.45, 7) is 2.51. The summed E-state index contributed by atoms with van der Waals surface area (Å²) >= 11 is 0. The molecule has 4 rings (SSSR count). The number of nitrogens with zero attached hydrogens (tertiary/aromatic N) is 3. The standard InChI is InChI=1S/C29H35N3O7S/c1-4-5-17-38-28-25(33)19-24(20-39-40(3,35)36)32-27(28)29(34)30(16-18-37-2)21-31(32)26(22-12-8-6-9-13-22)23-14-10-7-11-15-23/h6-15,19,26H,4-5,16-18,20-21H2,1-3H3. The third kappa shape index (κ3) is 6.72. The Morgan fingerprint density at radius 1 is 0.950 bits per heavy atom. The molecule has 10 nitrogen and oxygen atoms in total. The van der Waals surface area contributed by atoms with E-state index in [0.717, 1.165) is 23.8 Å². The molecule has 0 unspecified atom stereocenters. The molecule has 1 aliphatic heterocycles. The largest absolute Gasteiger partial charge is 0.487 e. The van der Waals surface area contributed by atoms with Gasteiger partial charge in [0.15, 0.2) is 11.4 Å². The van der Waals surface area contributed by atoms with Crippen LogP contribution in [0.4, 0.5) is 0 Å². The summed E-state index contributed by atoms with van der Waals surface area (Å²) in [4.78, 5) is 28.9. The molecule has 40 heavy (non-hydrogen) atoms. The fourth-order valence-corrected chi connectivity index (χ4v) is 5.01. The molecule has 11 heteroatoms. The van der Waals surface area contributed by atoms with Crippen LogP contribution in [0.5, 0.6) is 5.75 Å². The molecular formula is C29H35N3O7S. The minimum atomic E-state index is -3.84. The van der Waals surface area contributed by atoms with E-state index in [4.69, 9.17) is 13.7 Å². The van der Waals surface area contributed by atoms with Crippen molar-refractivity contribution in [2.24, 2.45) is 0 Å². The molecule has 0 fully saturated rings. The van der Waals surface area contributed by atoms with Crippen LogP contribution in [-0.2, 0) is 25.6 Å². The summed E-state index contributed by atoms with van der Waals surface area (Å²) in [6.07, 6.45) is 2.48. The zero-order valence-corrected chi connectivity index (χ0v) is 23.8. The number of carbonyl (C=O) groups is 1. The Bertz CT molecular complexity index is 1420. The molecule has 0 atom stereocenters. The lowest BCUT2D eigenvalue weighted by Gasteiger charge is -2.45. The quantitative estimate of drug-likeness (QED) is 0.228. The van der Waals surface area contributed by atoms with E-state index >= 15 is 0 Å². The summed E-state index contributed by atoms with van der Waals surface area (Å²) in [5.74, 6) is -0.494. The highest BCUT2D eigenvalue weighted by atomic mass is 32.2. The molecule has 214 valence electrons. The van der Waals surface area contributed by atoms with Crippen molar-refractivity contribution in [3.8, 4) is 5.75 Å². The van der Waals surface area contributed by atoms with Gasteiger partial charge >= 0.3 is 0 Å². The Balaban J connectivity index is 2.00. The second kappa shape index (κ2) is 13.1. The average Bonchev–Trinajstić information content (AvgIpc) is 2.94. The van der Waals surface area contributed by atoms with Crippen molar-refractivity contribution in [2.45, 2.75) is 32.4 Å². The number of amides is 1. The van der Waals surface area contributed by atoms with E-state index in [-0.39, 0.29) is 43.6 Å². The van der Waals surface area contributed by atoms with Crippen LogP contribution in [0, 0.1) is 0 Å². The molecule has 0 radical (unpaired) electrons. The minimum Gasteiger partial charge on any atom is -0.487 e. The van der Waals surface area contributed by atoms with Gasteiger partial charge in [0, 0.05) is 19.7 Å². The first kappa shape index (κ1) is 29.3. The number of benzene rings is 2. The molecule has 0 aliphatic carbocycles. The maximum absolute atomic E-state index is 14.0. The highest BCUT2D eigenvalue weighted by molar-refractivity contribution is 7.85. The van der Waals surface area contributed by atoms with Gasteiger partial charge in [0.2, 0.25) is 5.43 Å². The number of carbonyl (C=O) groups excluding carboxylic acids is 1. The summed E-state index contributed by atoms with van der Waals surface area (Å²) in [7, 11) is -2.29. The van der Waals surface area contributed by atoms with Crippen LogP contribution >= 0.6 is 0 Å². The first-order chi connectivity index (χ1) is 19.2. The van der Waals surface area contributed by atoms with Gasteiger partial charge in [-0.3, -0.25) is 18.8 Å². The van der Waals surface area contributed by atoms with Crippen LogP contribution in [0.25, 0.3) is 0 Å². The molecule has 0 saturated heterocycles. The number of unbranched alkanes of at least 4 members (excludes halogenated alkanes) is 1. The number of hydrogen-bond donors (Lipinski definition) is 0. The molecule has 0 saturated carbocycles. The Morgan fingerprint density at radius 3 is 2.12 bits per heavy atom. The number of ether oxygens (including phenoxy) is 2. The summed E-state index contributed by atoms with van der Waals surface area (Å²) in [6, 6.07) is 20.4. The van der Waals surface area contributed by atoms with Gasteiger partial charge in [0.25, 0.3) is 16.0 Å². The Morgan fingerprint density at radius 2 is 1.57 bits per heavy atom. The smallest absolute Gasteiger partial charge is 0.277 e. The second-order valence-electron chi connectivity index (χ2n) is 9.52. The monoisotopic (exact) mass is 569 g/mol. The topological polar surface area (TPSA) is 107 Å². The predicted molar refractivity (Wildman–Crippen MR) is 151 cm³/mol. The van der Waals surface area contributed by atoms with E-state index in [0.29, 0.717) is 6.42 Å². The summed E-state index contributed by atoms with van der Waals surface area (Å²) < 4.78 is 41.9. The Labute approximate surface area is 234 Å². The first-order valence-corrected chi connectivity index (χ1v) is 15.0. The molecule has 0 bridgehead atoms. The molecule has 3 aromatic rings. The number of rotatable bonds is 13. The zero-order valence-electron chi connectivity index (χ0n) is 23.0. The maximum atomic E-state index is 14.0. The molecule has 2 heterocycles. The summed E-state index contributed by atoms with van der Waals surface area (Å²) in [5, 5.41) is 1.93.